The lowest BCUT2D eigenvalue weighted by molar-refractivity contribution is -0.128. The number of nitrogens with one attached hydrogen (secondary N) is 3. The molecule has 0 saturated heterocycles. The number of nitrogens with zero attached hydrogens (tertiary/aromatic N) is 1. The summed E-state index contributed by atoms with van der Waals surface area (Å²) in [5, 5.41) is 6.50. The first-order chi connectivity index (χ1) is 9.68. The molecule has 6 amide bonds. The van der Waals surface area contributed by atoms with Crippen LogP contribution in [0.25, 0.3) is 0 Å². The molecule has 0 rings (SSSR count). The van der Waals surface area contributed by atoms with Gasteiger partial charge in [0.15, 0.2) is 0 Å². The van der Waals surface area contributed by atoms with Crippen LogP contribution in [-0.2, 0) is 9.59 Å². The van der Waals surface area contributed by atoms with Gasteiger partial charge in [0.05, 0.1) is 0 Å². The first-order valence-corrected chi connectivity index (χ1v) is 6.31. The molecule has 0 aromatic carbocycles. The number of amides is 6. The summed E-state index contributed by atoms with van der Waals surface area (Å²) in [6.07, 6.45) is 0. The third-order valence-corrected chi connectivity index (χ3v) is 2.27. The van der Waals surface area contributed by atoms with Crippen molar-refractivity contribution in [3.8, 4) is 11.8 Å². The van der Waals surface area contributed by atoms with Gasteiger partial charge in [0.25, 0.3) is 5.91 Å². The second-order valence-corrected chi connectivity index (χ2v) is 4.53. The molecule has 0 heterocycles. The van der Waals surface area contributed by atoms with Crippen LogP contribution in [-0.4, -0.2) is 48.9 Å². The molecule has 1 unspecified atom stereocenters. The fourth-order valence-corrected chi connectivity index (χ4v) is 1.20. The molecule has 0 aromatic rings. The Labute approximate surface area is 123 Å². The quantitative estimate of drug-likeness (QED) is 0.606. The molecular formula is C13H20N4O4. The Bertz CT molecular complexity index is 490. The molecule has 0 spiro atoms. The smallest absolute Gasteiger partial charge is 0.323 e. The zero-order valence-electron chi connectivity index (χ0n) is 12.7. The predicted octanol–water partition coefficient (Wildman–Crippen LogP) is -0.342. The minimum absolute atomic E-state index is 0.000480. The van der Waals surface area contributed by atoms with Crippen molar-refractivity contribution in [2.75, 3.05) is 14.1 Å². The maximum Gasteiger partial charge on any atom is 0.323 e. The maximum absolute atomic E-state index is 11.8. The molecule has 0 aliphatic carbocycles. The summed E-state index contributed by atoms with van der Waals surface area (Å²) in [5.41, 5.74) is 0. The lowest BCUT2D eigenvalue weighted by Gasteiger charge is -2.19. The van der Waals surface area contributed by atoms with Crippen LogP contribution in [0.3, 0.4) is 0 Å². The van der Waals surface area contributed by atoms with E-state index in [0.29, 0.717) is 0 Å². The molecule has 0 aliphatic heterocycles. The van der Waals surface area contributed by atoms with Gasteiger partial charge in [-0.25, -0.2) is 9.59 Å². The number of hydrogen-bond donors (Lipinski definition) is 3. The summed E-state index contributed by atoms with van der Waals surface area (Å²) in [5.74, 6) is 3.46. The lowest BCUT2D eigenvalue weighted by Crippen LogP contribution is -2.52. The zero-order chi connectivity index (χ0) is 16.6. The molecule has 116 valence electrons. The average molecular weight is 296 g/mol. The Morgan fingerprint density at radius 1 is 1.10 bits per heavy atom. The highest BCUT2D eigenvalue weighted by atomic mass is 16.2. The fraction of sp³-hybridized carbons (Fsp3) is 0.538. The Morgan fingerprint density at radius 2 is 1.67 bits per heavy atom. The van der Waals surface area contributed by atoms with Crippen molar-refractivity contribution in [3.05, 3.63) is 0 Å². The second-order valence-electron chi connectivity index (χ2n) is 4.53. The van der Waals surface area contributed by atoms with Gasteiger partial charge in [0.2, 0.25) is 0 Å². The first-order valence-electron chi connectivity index (χ1n) is 6.31. The molecule has 0 aromatic heterocycles. The molecule has 0 saturated carbocycles. The van der Waals surface area contributed by atoms with Crippen molar-refractivity contribution in [3.63, 3.8) is 0 Å². The van der Waals surface area contributed by atoms with Crippen molar-refractivity contribution in [2.24, 2.45) is 5.92 Å². The Hall–Kier alpha value is -2.56. The van der Waals surface area contributed by atoms with E-state index in [1.54, 1.807) is 13.8 Å². The van der Waals surface area contributed by atoms with Crippen LogP contribution in [0.15, 0.2) is 0 Å². The molecular weight excluding hydrogens is 276 g/mol. The van der Waals surface area contributed by atoms with Crippen LogP contribution in [0.4, 0.5) is 9.59 Å². The van der Waals surface area contributed by atoms with Crippen LogP contribution in [0, 0.1) is 17.8 Å². The lowest BCUT2D eigenvalue weighted by atomic mass is 10.2. The number of rotatable bonds is 2. The number of imide groups is 2. The number of urea groups is 2. The van der Waals surface area contributed by atoms with Crippen LogP contribution >= 0.6 is 0 Å². The summed E-state index contributed by atoms with van der Waals surface area (Å²) in [6, 6.07) is -2.43. The number of likely N-dealkylation sites (N-methyl/N-ethyl adjacent to an activating group) is 1. The molecule has 0 aliphatic rings. The molecule has 0 fully saturated rings. The summed E-state index contributed by atoms with van der Waals surface area (Å²) < 4.78 is 0. The van der Waals surface area contributed by atoms with Crippen molar-refractivity contribution in [1.82, 2.24) is 20.9 Å². The van der Waals surface area contributed by atoms with Gasteiger partial charge in [-0.2, -0.15) is 0 Å². The van der Waals surface area contributed by atoms with E-state index in [2.05, 4.69) is 22.5 Å². The normalized spacial score (nSPS) is 10.8. The van der Waals surface area contributed by atoms with Gasteiger partial charge in [-0.15, -0.1) is 0 Å². The molecule has 3 N–H and O–H groups in total. The van der Waals surface area contributed by atoms with Gasteiger partial charge in [-0.3, -0.25) is 19.8 Å². The monoisotopic (exact) mass is 296 g/mol. The van der Waals surface area contributed by atoms with Crippen molar-refractivity contribution in [1.29, 1.82) is 0 Å². The highest BCUT2D eigenvalue weighted by Gasteiger charge is 2.23. The van der Waals surface area contributed by atoms with Crippen LogP contribution in [0.5, 0.6) is 0 Å². The van der Waals surface area contributed by atoms with E-state index in [1.165, 1.54) is 21.0 Å². The van der Waals surface area contributed by atoms with Gasteiger partial charge in [0.1, 0.15) is 6.04 Å². The van der Waals surface area contributed by atoms with Crippen molar-refractivity contribution >= 4 is 23.9 Å². The molecule has 0 radical (unpaired) electrons. The van der Waals surface area contributed by atoms with E-state index in [1.807, 2.05) is 5.32 Å². The minimum Gasteiger partial charge on any atom is -0.341 e. The van der Waals surface area contributed by atoms with E-state index >= 15 is 0 Å². The van der Waals surface area contributed by atoms with Gasteiger partial charge >= 0.3 is 18.0 Å². The van der Waals surface area contributed by atoms with Gasteiger partial charge in [-0.05, 0) is 12.8 Å². The Morgan fingerprint density at radius 3 is 2.14 bits per heavy atom. The number of carbonyl (C=O) groups excluding carboxylic acids is 4. The topological polar surface area (TPSA) is 108 Å². The third-order valence-electron chi connectivity index (χ3n) is 2.27. The van der Waals surface area contributed by atoms with Crippen molar-refractivity contribution in [2.45, 2.75) is 26.8 Å². The number of hydrogen-bond acceptors (Lipinski definition) is 4. The second kappa shape index (κ2) is 8.58. The van der Waals surface area contributed by atoms with E-state index in [-0.39, 0.29) is 5.92 Å². The number of carbonyl (C=O) groups is 4. The highest BCUT2D eigenvalue weighted by Crippen LogP contribution is 1.93. The Kier molecular flexibility index (Phi) is 7.53. The summed E-state index contributed by atoms with van der Waals surface area (Å²) in [4.78, 5) is 46.7. The van der Waals surface area contributed by atoms with Crippen LogP contribution in [0.1, 0.15) is 20.8 Å². The molecule has 21 heavy (non-hydrogen) atoms. The molecule has 0 bridgehead atoms. The van der Waals surface area contributed by atoms with Gasteiger partial charge in [-0.1, -0.05) is 19.8 Å². The van der Waals surface area contributed by atoms with Gasteiger partial charge in [0, 0.05) is 20.0 Å². The SMILES string of the molecule is CNC(=O)N(C)C(=O)C(C)NC(=O)NC(=O)C#CC(C)C. The zero-order valence-corrected chi connectivity index (χ0v) is 12.7. The maximum atomic E-state index is 11.8. The van der Waals surface area contributed by atoms with E-state index in [0.717, 1.165) is 4.90 Å². The molecule has 8 heteroatoms. The Balaban J connectivity index is 4.46. The molecule has 8 nitrogen and oxygen atoms in total. The fourth-order valence-electron chi connectivity index (χ4n) is 1.20. The summed E-state index contributed by atoms with van der Waals surface area (Å²) in [7, 11) is 2.65. The first kappa shape index (κ1) is 18.4. The largest absolute Gasteiger partial charge is 0.341 e. The van der Waals surface area contributed by atoms with E-state index < -0.39 is 29.9 Å². The van der Waals surface area contributed by atoms with Crippen LogP contribution in [0.2, 0.25) is 0 Å². The summed E-state index contributed by atoms with van der Waals surface area (Å²) in [6.45, 7) is 5.00. The standard InChI is InChI=1S/C13H20N4O4/c1-8(2)6-7-10(18)16-12(20)15-9(3)11(19)17(5)13(21)14-4/h8-9H,1-5H3,(H,14,21)(H2,15,16,18,20). The van der Waals surface area contributed by atoms with Crippen LogP contribution < -0.4 is 16.0 Å². The summed E-state index contributed by atoms with van der Waals surface area (Å²) >= 11 is 0. The average Bonchev–Trinajstić information content (AvgIpc) is 2.42. The predicted molar refractivity (Wildman–Crippen MR) is 76.0 cm³/mol. The van der Waals surface area contributed by atoms with E-state index in [4.69, 9.17) is 0 Å². The van der Waals surface area contributed by atoms with Gasteiger partial charge < -0.3 is 10.6 Å². The highest BCUT2D eigenvalue weighted by molar-refractivity contribution is 6.05. The third kappa shape index (κ3) is 6.96. The van der Waals surface area contributed by atoms with Crippen molar-refractivity contribution < 1.29 is 19.2 Å². The van der Waals surface area contributed by atoms with E-state index in [9.17, 15) is 19.2 Å². The molecule has 1 atom stereocenters. The minimum atomic E-state index is -0.974.